The van der Waals surface area contributed by atoms with Gasteiger partial charge in [-0.3, -0.25) is 0 Å². The Hall–Kier alpha value is -0.830. The molecule has 1 aliphatic carbocycles. The van der Waals surface area contributed by atoms with E-state index in [2.05, 4.69) is 9.97 Å². The van der Waals surface area contributed by atoms with Gasteiger partial charge >= 0.3 is 0 Å². The van der Waals surface area contributed by atoms with Crippen molar-refractivity contribution in [2.24, 2.45) is 5.73 Å². The lowest BCUT2D eigenvalue weighted by molar-refractivity contribution is 0.555. The summed E-state index contributed by atoms with van der Waals surface area (Å²) >= 11 is 0. The van der Waals surface area contributed by atoms with Gasteiger partial charge in [-0.05, 0) is 26.2 Å². The summed E-state index contributed by atoms with van der Waals surface area (Å²) in [5, 5.41) is 0. The first kappa shape index (κ1) is 6.85. The third kappa shape index (κ3) is 1.05. The second kappa shape index (κ2) is 2.34. The van der Waals surface area contributed by atoms with Gasteiger partial charge in [0.1, 0.15) is 5.82 Å². The molecule has 0 spiro atoms. The fourth-order valence-electron chi connectivity index (χ4n) is 1.69. The molecule has 0 fully saturated rings. The molecule has 0 aliphatic heterocycles. The molecule has 3 heteroatoms. The van der Waals surface area contributed by atoms with Crippen molar-refractivity contribution in [3.63, 3.8) is 0 Å². The summed E-state index contributed by atoms with van der Waals surface area (Å²) in [4.78, 5) is 7.59. The van der Waals surface area contributed by atoms with Crippen LogP contribution >= 0.6 is 0 Å². The summed E-state index contributed by atoms with van der Waals surface area (Å²) in [6.07, 6.45) is 3.39. The Morgan fingerprint density at radius 2 is 2.45 bits per heavy atom. The zero-order chi connectivity index (χ0) is 7.84. The number of rotatable bonds is 0. The molecule has 0 saturated carbocycles. The minimum absolute atomic E-state index is 0.170. The van der Waals surface area contributed by atoms with Gasteiger partial charge in [-0.25, -0.2) is 4.98 Å². The van der Waals surface area contributed by atoms with E-state index >= 15 is 0 Å². The lowest BCUT2D eigenvalue weighted by atomic mass is 9.97. The van der Waals surface area contributed by atoms with Crippen LogP contribution in [0.25, 0.3) is 0 Å². The number of hydrogen-bond donors (Lipinski definition) is 2. The molecule has 2 rings (SSSR count). The molecule has 3 N–H and O–H groups in total. The minimum Gasteiger partial charge on any atom is -0.346 e. The van der Waals surface area contributed by atoms with Crippen LogP contribution in [-0.2, 0) is 6.42 Å². The van der Waals surface area contributed by atoms with E-state index in [1.807, 2.05) is 6.92 Å². The molecular formula is C8H13N3. The average molecular weight is 151 g/mol. The van der Waals surface area contributed by atoms with Crippen LogP contribution in [0.4, 0.5) is 0 Å². The van der Waals surface area contributed by atoms with E-state index in [0.29, 0.717) is 0 Å². The minimum atomic E-state index is 0.170. The maximum atomic E-state index is 5.88. The average Bonchev–Trinajstić information content (AvgIpc) is 2.31. The first-order valence-electron chi connectivity index (χ1n) is 4.08. The fraction of sp³-hybridized carbons (Fsp3) is 0.625. The standard InChI is InChI=1S/C8H13N3/c1-5-10-7-4-2-3-6(9)8(7)11-5/h6H,2-4,9H2,1H3,(H,10,11). The van der Waals surface area contributed by atoms with Crippen molar-refractivity contribution < 1.29 is 0 Å². The first-order chi connectivity index (χ1) is 5.27. The monoisotopic (exact) mass is 151 g/mol. The topological polar surface area (TPSA) is 54.7 Å². The molecule has 1 aliphatic rings. The van der Waals surface area contributed by atoms with E-state index in [4.69, 9.17) is 5.73 Å². The number of nitrogens with one attached hydrogen (secondary N) is 1. The third-order valence-electron chi connectivity index (χ3n) is 2.22. The second-order valence-corrected chi connectivity index (χ2v) is 3.18. The number of nitrogens with two attached hydrogens (primary N) is 1. The number of nitrogens with zero attached hydrogens (tertiary/aromatic N) is 1. The Morgan fingerprint density at radius 3 is 3.18 bits per heavy atom. The Balaban J connectivity index is 2.43. The highest BCUT2D eigenvalue weighted by atomic mass is 15.0. The molecule has 3 nitrogen and oxygen atoms in total. The van der Waals surface area contributed by atoms with Gasteiger partial charge in [-0.1, -0.05) is 0 Å². The zero-order valence-corrected chi connectivity index (χ0v) is 6.72. The number of hydrogen-bond acceptors (Lipinski definition) is 2. The summed E-state index contributed by atoms with van der Waals surface area (Å²) in [5.74, 6) is 0.993. The fourth-order valence-corrected chi connectivity index (χ4v) is 1.69. The smallest absolute Gasteiger partial charge is 0.103 e. The Morgan fingerprint density at radius 1 is 1.64 bits per heavy atom. The van der Waals surface area contributed by atoms with Gasteiger partial charge in [0, 0.05) is 11.7 Å². The van der Waals surface area contributed by atoms with Crippen molar-refractivity contribution in [2.45, 2.75) is 32.2 Å². The quantitative estimate of drug-likeness (QED) is 0.582. The van der Waals surface area contributed by atoms with E-state index in [1.54, 1.807) is 0 Å². The summed E-state index contributed by atoms with van der Waals surface area (Å²) in [6.45, 7) is 1.98. The highest BCUT2D eigenvalue weighted by Crippen LogP contribution is 2.25. The highest BCUT2D eigenvalue weighted by Gasteiger charge is 2.19. The molecular weight excluding hydrogens is 138 g/mol. The maximum absolute atomic E-state index is 5.88. The van der Waals surface area contributed by atoms with Crippen LogP contribution in [0.5, 0.6) is 0 Å². The van der Waals surface area contributed by atoms with Gasteiger partial charge in [0.2, 0.25) is 0 Å². The van der Waals surface area contributed by atoms with E-state index in [0.717, 1.165) is 24.4 Å². The van der Waals surface area contributed by atoms with Crippen LogP contribution in [0.1, 0.15) is 36.1 Å². The van der Waals surface area contributed by atoms with Crippen molar-refractivity contribution in [1.29, 1.82) is 0 Å². The van der Waals surface area contributed by atoms with Gasteiger partial charge in [0.15, 0.2) is 0 Å². The first-order valence-corrected chi connectivity index (χ1v) is 4.08. The van der Waals surface area contributed by atoms with Gasteiger partial charge in [0.25, 0.3) is 0 Å². The molecule has 1 aromatic rings. The van der Waals surface area contributed by atoms with Crippen molar-refractivity contribution in [1.82, 2.24) is 9.97 Å². The largest absolute Gasteiger partial charge is 0.346 e. The molecule has 0 aromatic carbocycles. The SMILES string of the molecule is Cc1nc2c([nH]1)CCCC2N. The molecule has 1 unspecified atom stereocenters. The number of aryl methyl sites for hydroxylation is 2. The van der Waals surface area contributed by atoms with E-state index in [9.17, 15) is 0 Å². The number of H-pyrrole nitrogens is 1. The van der Waals surface area contributed by atoms with Crippen LogP contribution < -0.4 is 5.73 Å². The molecule has 60 valence electrons. The maximum Gasteiger partial charge on any atom is 0.103 e. The molecule has 0 saturated heterocycles. The second-order valence-electron chi connectivity index (χ2n) is 3.18. The van der Waals surface area contributed by atoms with Crippen LogP contribution in [0.2, 0.25) is 0 Å². The zero-order valence-electron chi connectivity index (χ0n) is 6.72. The van der Waals surface area contributed by atoms with Gasteiger partial charge in [0.05, 0.1) is 5.69 Å². The van der Waals surface area contributed by atoms with Crippen LogP contribution in [-0.4, -0.2) is 9.97 Å². The number of fused-ring (bicyclic) bond motifs is 1. The number of aromatic nitrogens is 2. The van der Waals surface area contributed by atoms with Crippen LogP contribution in [0.3, 0.4) is 0 Å². The molecule has 0 bridgehead atoms. The molecule has 1 atom stereocenters. The van der Waals surface area contributed by atoms with E-state index in [-0.39, 0.29) is 6.04 Å². The highest BCUT2D eigenvalue weighted by molar-refractivity contribution is 5.20. The van der Waals surface area contributed by atoms with Crippen molar-refractivity contribution in [3.05, 3.63) is 17.2 Å². The molecule has 0 radical (unpaired) electrons. The Labute approximate surface area is 66.0 Å². The summed E-state index contributed by atoms with van der Waals surface area (Å²) in [5.41, 5.74) is 8.22. The van der Waals surface area contributed by atoms with Crippen LogP contribution in [0, 0.1) is 6.92 Å². The predicted octanol–water partition coefficient (Wildman–Crippen LogP) is 1.05. The lowest BCUT2D eigenvalue weighted by Gasteiger charge is -2.15. The van der Waals surface area contributed by atoms with Gasteiger partial charge < -0.3 is 10.7 Å². The van der Waals surface area contributed by atoms with Gasteiger partial charge in [-0.15, -0.1) is 0 Å². The summed E-state index contributed by atoms with van der Waals surface area (Å²) < 4.78 is 0. The summed E-state index contributed by atoms with van der Waals surface area (Å²) in [6, 6.07) is 0.170. The molecule has 0 amide bonds. The predicted molar refractivity (Wildman–Crippen MR) is 43.2 cm³/mol. The van der Waals surface area contributed by atoms with E-state index in [1.165, 1.54) is 12.1 Å². The van der Waals surface area contributed by atoms with Crippen molar-refractivity contribution in [3.8, 4) is 0 Å². The van der Waals surface area contributed by atoms with Crippen LogP contribution in [0.15, 0.2) is 0 Å². The third-order valence-corrected chi connectivity index (χ3v) is 2.22. The normalized spacial score (nSPS) is 23.3. The van der Waals surface area contributed by atoms with Crippen molar-refractivity contribution >= 4 is 0 Å². The summed E-state index contributed by atoms with van der Waals surface area (Å²) in [7, 11) is 0. The molecule has 11 heavy (non-hydrogen) atoms. The van der Waals surface area contributed by atoms with Gasteiger partial charge in [-0.2, -0.15) is 0 Å². The Bertz CT molecular complexity index is 264. The Kier molecular flexibility index (Phi) is 1.46. The number of aromatic amines is 1. The molecule has 1 aromatic heterocycles. The lowest BCUT2D eigenvalue weighted by Crippen LogP contribution is -2.17. The van der Waals surface area contributed by atoms with Crippen molar-refractivity contribution in [2.75, 3.05) is 0 Å². The number of imidazole rings is 1. The molecule has 1 heterocycles. The van der Waals surface area contributed by atoms with E-state index < -0.39 is 0 Å².